The molecule has 2 aromatic rings. The van der Waals surface area contributed by atoms with E-state index in [4.69, 9.17) is 4.74 Å². The highest BCUT2D eigenvalue weighted by Gasteiger charge is 2.09. The van der Waals surface area contributed by atoms with Crippen molar-refractivity contribution in [2.75, 3.05) is 11.9 Å². The molecule has 0 aliphatic heterocycles. The number of rotatable bonds is 6. The second-order valence-corrected chi connectivity index (χ2v) is 5.52. The van der Waals surface area contributed by atoms with Gasteiger partial charge in [0.15, 0.2) is 5.75 Å². The van der Waals surface area contributed by atoms with E-state index in [1.54, 1.807) is 18.3 Å². The molecule has 0 unspecified atom stereocenters. The van der Waals surface area contributed by atoms with E-state index >= 15 is 0 Å². The van der Waals surface area contributed by atoms with Crippen molar-refractivity contribution in [2.24, 2.45) is 0 Å². The van der Waals surface area contributed by atoms with Crippen LogP contribution in [0.4, 0.5) is 5.69 Å². The molecule has 0 spiro atoms. The number of amides is 1. The van der Waals surface area contributed by atoms with Crippen molar-refractivity contribution in [3.63, 3.8) is 0 Å². The van der Waals surface area contributed by atoms with Crippen molar-refractivity contribution < 1.29 is 9.53 Å². The topological polar surface area (TPSA) is 60.3 Å². The molecule has 0 fully saturated rings. The predicted molar refractivity (Wildman–Crippen MR) is 91.0 cm³/mol. The summed E-state index contributed by atoms with van der Waals surface area (Å²) in [7, 11) is 0. The summed E-state index contributed by atoms with van der Waals surface area (Å²) >= 11 is 0. The summed E-state index contributed by atoms with van der Waals surface area (Å²) < 4.78 is 6.74. The molecule has 2 rings (SSSR count). The largest absolute Gasteiger partial charge is 0.488 e. The molecule has 0 saturated heterocycles. The van der Waals surface area contributed by atoms with E-state index in [9.17, 15) is 9.59 Å². The number of nitrogens with one attached hydrogen (secondary N) is 1. The average molecular weight is 314 g/mol. The zero-order chi connectivity index (χ0) is 16.8. The first-order chi connectivity index (χ1) is 11.0. The van der Waals surface area contributed by atoms with Crippen molar-refractivity contribution in [3.8, 4) is 5.75 Å². The van der Waals surface area contributed by atoms with Gasteiger partial charge in [-0.3, -0.25) is 9.59 Å². The minimum atomic E-state index is -0.295. The Morgan fingerprint density at radius 2 is 2.04 bits per heavy atom. The number of benzene rings is 1. The van der Waals surface area contributed by atoms with Gasteiger partial charge in [0, 0.05) is 11.9 Å². The number of anilines is 1. The summed E-state index contributed by atoms with van der Waals surface area (Å²) in [5.41, 5.74) is 2.59. The minimum Gasteiger partial charge on any atom is -0.488 e. The van der Waals surface area contributed by atoms with Crippen LogP contribution in [-0.4, -0.2) is 17.1 Å². The first-order valence-electron chi connectivity index (χ1n) is 7.70. The molecule has 0 atom stereocenters. The maximum Gasteiger partial charge on any atom is 0.293 e. The van der Waals surface area contributed by atoms with Crippen LogP contribution in [0.5, 0.6) is 5.75 Å². The lowest BCUT2D eigenvalue weighted by Gasteiger charge is -2.11. The molecule has 5 heteroatoms. The number of hydrogen-bond acceptors (Lipinski definition) is 3. The molecule has 1 aromatic heterocycles. The third-order valence-corrected chi connectivity index (χ3v) is 3.42. The van der Waals surface area contributed by atoms with Crippen molar-refractivity contribution in [1.82, 2.24) is 4.57 Å². The average Bonchev–Trinajstić information content (AvgIpc) is 2.51. The van der Waals surface area contributed by atoms with E-state index in [0.29, 0.717) is 6.61 Å². The molecular weight excluding hydrogens is 292 g/mol. The first-order valence-corrected chi connectivity index (χ1v) is 7.70. The van der Waals surface area contributed by atoms with Crippen molar-refractivity contribution >= 4 is 11.6 Å². The second kappa shape index (κ2) is 7.63. The lowest BCUT2D eigenvalue weighted by atomic mass is 10.1. The Morgan fingerprint density at radius 3 is 2.74 bits per heavy atom. The van der Waals surface area contributed by atoms with Crippen LogP contribution in [0, 0.1) is 13.8 Å². The standard InChI is InChI=1S/C18H22N2O3/c1-4-10-23-16-6-5-9-20(18(16)22)12-17(21)19-15-8-7-13(2)11-14(15)3/h5-9,11H,4,10,12H2,1-3H3,(H,19,21). The van der Waals surface area contributed by atoms with Gasteiger partial charge in [-0.05, 0) is 44.0 Å². The van der Waals surface area contributed by atoms with E-state index in [-0.39, 0.29) is 23.8 Å². The zero-order valence-corrected chi connectivity index (χ0v) is 13.8. The quantitative estimate of drug-likeness (QED) is 0.892. The molecule has 1 heterocycles. The summed E-state index contributed by atoms with van der Waals surface area (Å²) in [5.74, 6) is 0.0281. The number of hydrogen-bond donors (Lipinski definition) is 1. The van der Waals surface area contributed by atoms with Gasteiger partial charge in [-0.25, -0.2) is 0 Å². The Kier molecular flexibility index (Phi) is 5.57. The minimum absolute atomic E-state index is 0.0462. The Hall–Kier alpha value is -2.56. The van der Waals surface area contributed by atoms with E-state index in [0.717, 1.165) is 23.2 Å². The molecule has 0 radical (unpaired) electrons. The Bertz CT molecular complexity index is 750. The van der Waals surface area contributed by atoms with Gasteiger partial charge >= 0.3 is 0 Å². The molecule has 0 aliphatic carbocycles. The van der Waals surface area contributed by atoms with Gasteiger partial charge in [0.05, 0.1) is 6.61 Å². The van der Waals surface area contributed by atoms with Gasteiger partial charge in [-0.1, -0.05) is 24.6 Å². The van der Waals surface area contributed by atoms with Crippen LogP contribution >= 0.6 is 0 Å². The predicted octanol–water partition coefficient (Wildman–Crippen LogP) is 2.89. The van der Waals surface area contributed by atoms with Gasteiger partial charge < -0.3 is 14.6 Å². The van der Waals surface area contributed by atoms with Crippen LogP contribution < -0.4 is 15.6 Å². The van der Waals surface area contributed by atoms with Crippen LogP contribution in [0.3, 0.4) is 0 Å². The van der Waals surface area contributed by atoms with Crippen LogP contribution in [0.15, 0.2) is 41.3 Å². The monoisotopic (exact) mass is 314 g/mol. The number of nitrogens with zero attached hydrogens (tertiary/aromatic N) is 1. The van der Waals surface area contributed by atoms with Crippen LogP contribution in [-0.2, 0) is 11.3 Å². The number of carbonyl (C=O) groups excluding carboxylic acids is 1. The van der Waals surface area contributed by atoms with Crippen molar-refractivity contribution in [1.29, 1.82) is 0 Å². The Labute approximate surface area is 135 Å². The second-order valence-electron chi connectivity index (χ2n) is 5.52. The molecule has 122 valence electrons. The summed E-state index contributed by atoms with van der Waals surface area (Å²) in [6.45, 7) is 6.34. The van der Waals surface area contributed by atoms with Gasteiger partial charge in [-0.2, -0.15) is 0 Å². The van der Waals surface area contributed by atoms with E-state index < -0.39 is 0 Å². The van der Waals surface area contributed by atoms with Gasteiger partial charge in [0.25, 0.3) is 5.56 Å². The zero-order valence-electron chi connectivity index (χ0n) is 13.8. The Balaban J connectivity index is 2.09. The fourth-order valence-corrected chi connectivity index (χ4v) is 2.26. The highest BCUT2D eigenvalue weighted by Crippen LogP contribution is 2.16. The van der Waals surface area contributed by atoms with Gasteiger partial charge in [0.2, 0.25) is 5.91 Å². The number of aryl methyl sites for hydroxylation is 2. The summed E-state index contributed by atoms with van der Waals surface area (Å²) in [6.07, 6.45) is 2.41. The molecular formula is C18H22N2O3. The van der Waals surface area contributed by atoms with E-state index in [1.807, 2.05) is 39.0 Å². The fourth-order valence-electron chi connectivity index (χ4n) is 2.26. The number of aromatic nitrogens is 1. The van der Waals surface area contributed by atoms with Crippen LogP contribution in [0.2, 0.25) is 0 Å². The molecule has 1 N–H and O–H groups in total. The van der Waals surface area contributed by atoms with Crippen LogP contribution in [0.25, 0.3) is 0 Å². The molecule has 0 aliphatic rings. The van der Waals surface area contributed by atoms with Crippen LogP contribution in [0.1, 0.15) is 24.5 Å². The fraction of sp³-hybridized carbons (Fsp3) is 0.333. The highest BCUT2D eigenvalue weighted by molar-refractivity contribution is 5.91. The van der Waals surface area contributed by atoms with Crippen molar-refractivity contribution in [2.45, 2.75) is 33.7 Å². The third kappa shape index (κ3) is 4.45. The summed E-state index contributed by atoms with van der Waals surface area (Å²) in [6, 6.07) is 9.13. The molecule has 0 bridgehead atoms. The molecule has 1 aromatic carbocycles. The maximum atomic E-state index is 12.2. The maximum absolute atomic E-state index is 12.2. The summed E-state index contributed by atoms with van der Waals surface area (Å²) in [5, 5.41) is 2.84. The highest BCUT2D eigenvalue weighted by atomic mass is 16.5. The smallest absolute Gasteiger partial charge is 0.293 e. The normalized spacial score (nSPS) is 10.4. The summed E-state index contributed by atoms with van der Waals surface area (Å²) in [4.78, 5) is 24.4. The van der Waals surface area contributed by atoms with Crippen molar-refractivity contribution in [3.05, 3.63) is 58.0 Å². The van der Waals surface area contributed by atoms with E-state index in [2.05, 4.69) is 5.32 Å². The number of ether oxygens (including phenoxy) is 1. The number of pyridine rings is 1. The lowest BCUT2D eigenvalue weighted by Crippen LogP contribution is -2.28. The third-order valence-electron chi connectivity index (χ3n) is 3.42. The Morgan fingerprint density at radius 1 is 1.26 bits per heavy atom. The number of carbonyl (C=O) groups is 1. The van der Waals surface area contributed by atoms with E-state index in [1.165, 1.54) is 4.57 Å². The molecule has 1 amide bonds. The first kappa shape index (κ1) is 16.8. The molecule has 0 saturated carbocycles. The molecule has 5 nitrogen and oxygen atoms in total. The van der Waals surface area contributed by atoms with Gasteiger partial charge in [-0.15, -0.1) is 0 Å². The van der Waals surface area contributed by atoms with Gasteiger partial charge in [0.1, 0.15) is 6.54 Å². The lowest BCUT2D eigenvalue weighted by molar-refractivity contribution is -0.116. The molecule has 23 heavy (non-hydrogen) atoms. The SMILES string of the molecule is CCCOc1cccn(CC(=O)Nc2ccc(C)cc2C)c1=O.